The maximum Gasteiger partial charge on any atom is 0.414 e. The van der Waals surface area contributed by atoms with E-state index in [-0.39, 0.29) is 56.1 Å². The Balaban J connectivity index is 0.817. The minimum Gasteiger partial charge on any atom is -0.459 e. The zero-order valence-corrected chi connectivity index (χ0v) is 32.7. The average molecular weight is 805 g/mol. The van der Waals surface area contributed by atoms with Gasteiger partial charge in [-0.1, -0.05) is 48.5 Å². The molecule has 4 aromatic rings. The second-order valence-electron chi connectivity index (χ2n) is 14.7. The minimum absolute atomic E-state index is 0.0104. The van der Waals surface area contributed by atoms with Crippen LogP contribution in [0.3, 0.4) is 0 Å². The lowest BCUT2D eigenvalue weighted by atomic mass is 9.98. The molecule has 4 aromatic carbocycles. The van der Waals surface area contributed by atoms with Gasteiger partial charge in [0.05, 0.1) is 30.5 Å². The molecule has 7 rings (SSSR count). The lowest BCUT2D eigenvalue weighted by molar-refractivity contribution is -0.154. The molecule has 2 saturated heterocycles. The molecule has 1 aliphatic carbocycles. The monoisotopic (exact) mass is 804 g/mol. The first kappa shape index (κ1) is 40.6. The smallest absolute Gasteiger partial charge is 0.414 e. The zero-order valence-electron chi connectivity index (χ0n) is 32.7. The van der Waals surface area contributed by atoms with Crippen molar-refractivity contribution < 1.29 is 42.6 Å². The van der Waals surface area contributed by atoms with Gasteiger partial charge in [-0.2, -0.15) is 0 Å². The number of benzene rings is 4. The van der Waals surface area contributed by atoms with Crippen molar-refractivity contribution in [3.05, 3.63) is 114 Å². The predicted molar refractivity (Wildman–Crippen MR) is 217 cm³/mol. The summed E-state index contributed by atoms with van der Waals surface area (Å²) in [6.45, 7) is 4.79. The number of nitrogens with zero attached hydrogens (tertiary/aromatic N) is 3. The average Bonchev–Trinajstić information content (AvgIpc) is 3.79. The highest BCUT2D eigenvalue weighted by Gasteiger charge is 2.34. The van der Waals surface area contributed by atoms with E-state index in [2.05, 4.69) is 16.2 Å². The van der Waals surface area contributed by atoms with Crippen LogP contribution in [0.25, 0.3) is 11.1 Å². The standard InChI is InChI=1S/C44H45FN6O8/c1-27(42(55)43(56)58-26-37-35-9-5-3-7-33(35)34-8-4-6-10-36(34)37)47-48-30-13-11-29(12-14-30)40(53)17-18-41(54)50-21-19-49(20-22-50)39-16-15-31(23-38(39)45)51-25-32(59-44(51)57)24-46-28(2)52/h3-16,23,27,32,37,47-48H,17-22,24-26H2,1-2H3,(H,46,52)/t27-,32-/m0/s1. The molecule has 306 valence electrons. The Morgan fingerprint density at radius 2 is 1.53 bits per heavy atom. The molecular formula is C44H45FN6O8. The van der Waals surface area contributed by atoms with Crippen LogP contribution in [-0.2, 0) is 28.7 Å². The molecule has 2 atom stereocenters. The molecule has 0 unspecified atom stereocenters. The number of hydrazine groups is 1. The SMILES string of the molecule is CC(=O)NC[C@H]1CN(c2ccc(N3CCN(C(=O)CCC(=O)c4ccc(NN[C@@H](C)C(=O)C(=O)OCC5c6ccccc6-c6ccccc65)cc4)CC3)c(F)c2)C(=O)O1. The third kappa shape index (κ3) is 9.25. The molecule has 59 heavy (non-hydrogen) atoms. The number of halogens is 1. The number of Topliss-reactive ketones (excluding diaryl/α,β-unsaturated/α-hetero) is 2. The van der Waals surface area contributed by atoms with Crippen LogP contribution in [0.4, 0.5) is 26.2 Å². The van der Waals surface area contributed by atoms with Crippen molar-refractivity contribution >= 4 is 52.5 Å². The maximum atomic E-state index is 15.3. The molecule has 3 amide bonds. The van der Waals surface area contributed by atoms with Gasteiger partial charge in [-0.05, 0) is 71.6 Å². The van der Waals surface area contributed by atoms with Gasteiger partial charge in [0.25, 0.3) is 5.78 Å². The van der Waals surface area contributed by atoms with Crippen LogP contribution in [0.2, 0.25) is 0 Å². The van der Waals surface area contributed by atoms with Crippen molar-refractivity contribution in [1.29, 1.82) is 0 Å². The molecule has 15 heteroatoms. The first-order chi connectivity index (χ1) is 28.5. The number of carbonyl (C=O) groups excluding carboxylic acids is 6. The van der Waals surface area contributed by atoms with Gasteiger partial charge < -0.3 is 30.0 Å². The summed E-state index contributed by atoms with van der Waals surface area (Å²) >= 11 is 0. The van der Waals surface area contributed by atoms with Gasteiger partial charge >= 0.3 is 12.1 Å². The number of anilines is 3. The molecule has 0 saturated carbocycles. The van der Waals surface area contributed by atoms with E-state index in [0.717, 1.165) is 22.3 Å². The van der Waals surface area contributed by atoms with E-state index in [1.807, 2.05) is 53.4 Å². The summed E-state index contributed by atoms with van der Waals surface area (Å²) in [6, 6.07) is 26.0. The number of rotatable bonds is 15. The second kappa shape index (κ2) is 17.9. The number of ether oxygens (including phenoxy) is 2. The van der Waals surface area contributed by atoms with E-state index >= 15 is 4.39 Å². The van der Waals surface area contributed by atoms with Crippen molar-refractivity contribution in [2.24, 2.45) is 0 Å². The van der Waals surface area contributed by atoms with E-state index in [1.54, 1.807) is 48.2 Å². The fourth-order valence-electron chi connectivity index (χ4n) is 7.58. The number of ketones is 2. The Kier molecular flexibility index (Phi) is 12.3. The molecule has 3 N–H and O–H groups in total. The third-order valence-corrected chi connectivity index (χ3v) is 10.8. The summed E-state index contributed by atoms with van der Waals surface area (Å²) in [6.07, 6.45) is -1.12. The van der Waals surface area contributed by atoms with E-state index in [4.69, 9.17) is 9.47 Å². The van der Waals surface area contributed by atoms with Gasteiger partial charge in [-0.3, -0.25) is 24.1 Å². The molecule has 2 aliphatic heterocycles. The van der Waals surface area contributed by atoms with E-state index in [0.29, 0.717) is 48.8 Å². The number of hydrogen-bond acceptors (Lipinski definition) is 11. The van der Waals surface area contributed by atoms with Gasteiger partial charge in [0.2, 0.25) is 11.8 Å². The molecule has 2 heterocycles. The minimum atomic E-state index is -0.935. The molecule has 0 bridgehead atoms. The molecule has 2 fully saturated rings. The number of fused-ring (bicyclic) bond motifs is 3. The fourth-order valence-corrected chi connectivity index (χ4v) is 7.58. The van der Waals surface area contributed by atoms with Crippen LogP contribution in [0.1, 0.15) is 54.1 Å². The maximum absolute atomic E-state index is 15.3. The van der Waals surface area contributed by atoms with Gasteiger partial charge in [0, 0.05) is 63.1 Å². The van der Waals surface area contributed by atoms with Crippen molar-refractivity contribution in [2.45, 2.75) is 44.8 Å². The molecule has 0 spiro atoms. The van der Waals surface area contributed by atoms with Crippen molar-refractivity contribution in [1.82, 2.24) is 15.6 Å². The second-order valence-corrected chi connectivity index (χ2v) is 14.7. The van der Waals surface area contributed by atoms with Crippen LogP contribution < -0.4 is 26.0 Å². The number of hydrogen-bond donors (Lipinski definition) is 3. The Hall–Kier alpha value is -6.61. The summed E-state index contributed by atoms with van der Waals surface area (Å²) < 4.78 is 26.0. The van der Waals surface area contributed by atoms with Gasteiger partial charge in [0.1, 0.15) is 18.5 Å². The Labute approximate surface area is 340 Å². The Morgan fingerprint density at radius 3 is 2.17 bits per heavy atom. The van der Waals surface area contributed by atoms with Crippen LogP contribution in [0.15, 0.2) is 91.0 Å². The molecule has 14 nitrogen and oxygen atoms in total. The van der Waals surface area contributed by atoms with Crippen LogP contribution in [0.5, 0.6) is 0 Å². The molecule has 0 radical (unpaired) electrons. The topological polar surface area (TPSA) is 167 Å². The summed E-state index contributed by atoms with van der Waals surface area (Å²) in [5.74, 6) is -2.97. The fraction of sp³-hybridized carbons (Fsp3) is 0.318. The number of carbonyl (C=O) groups is 6. The first-order valence-electron chi connectivity index (χ1n) is 19.6. The summed E-state index contributed by atoms with van der Waals surface area (Å²) in [5, 5.41) is 2.61. The predicted octanol–water partition coefficient (Wildman–Crippen LogP) is 4.83. The Morgan fingerprint density at radius 1 is 0.864 bits per heavy atom. The number of cyclic esters (lactones) is 1. The van der Waals surface area contributed by atoms with Crippen LogP contribution >= 0.6 is 0 Å². The summed E-state index contributed by atoms with van der Waals surface area (Å²) in [5.41, 5.74) is 11.7. The first-order valence-corrected chi connectivity index (χ1v) is 19.6. The molecular weight excluding hydrogens is 760 g/mol. The van der Waals surface area contributed by atoms with Crippen molar-refractivity contribution in [3.63, 3.8) is 0 Å². The van der Waals surface area contributed by atoms with Crippen LogP contribution in [0, 0.1) is 5.82 Å². The zero-order chi connectivity index (χ0) is 41.6. The molecule has 3 aliphatic rings. The Bertz CT molecular complexity index is 2210. The van der Waals surface area contributed by atoms with Gasteiger partial charge in [0.15, 0.2) is 5.78 Å². The van der Waals surface area contributed by atoms with Crippen LogP contribution in [-0.4, -0.2) is 98.4 Å². The van der Waals surface area contributed by atoms with Gasteiger partial charge in [-0.15, -0.1) is 0 Å². The van der Waals surface area contributed by atoms with E-state index in [9.17, 15) is 28.8 Å². The lowest BCUT2D eigenvalue weighted by Crippen LogP contribution is -2.49. The molecule has 0 aromatic heterocycles. The largest absolute Gasteiger partial charge is 0.459 e. The number of piperazine rings is 1. The number of esters is 1. The van der Waals surface area contributed by atoms with Crippen molar-refractivity contribution in [3.8, 4) is 11.1 Å². The quantitative estimate of drug-likeness (QED) is 0.0653. The van der Waals surface area contributed by atoms with Crippen molar-refractivity contribution in [2.75, 3.05) is 61.1 Å². The third-order valence-electron chi connectivity index (χ3n) is 10.8. The summed E-state index contributed by atoms with van der Waals surface area (Å²) in [4.78, 5) is 79.9. The highest BCUT2D eigenvalue weighted by molar-refractivity contribution is 6.35. The summed E-state index contributed by atoms with van der Waals surface area (Å²) in [7, 11) is 0. The normalized spacial score (nSPS) is 16.5. The highest BCUT2D eigenvalue weighted by atomic mass is 19.1. The van der Waals surface area contributed by atoms with Gasteiger partial charge in [-0.25, -0.2) is 19.4 Å². The number of amides is 3. The lowest BCUT2D eigenvalue weighted by Gasteiger charge is -2.36. The highest BCUT2D eigenvalue weighted by Crippen LogP contribution is 2.44. The van der Waals surface area contributed by atoms with E-state index in [1.165, 1.54) is 17.9 Å². The van der Waals surface area contributed by atoms with E-state index < -0.39 is 35.8 Å². The number of nitrogens with one attached hydrogen (secondary N) is 3.